The van der Waals surface area contributed by atoms with Crippen molar-refractivity contribution in [3.63, 3.8) is 0 Å². The summed E-state index contributed by atoms with van der Waals surface area (Å²) in [6.45, 7) is 13.3. The van der Waals surface area contributed by atoms with Gasteiger partial charge in [0.15, 0.2) is 11.1 Å². The zero-order valence-corrected chi connectivity index (χ0v) is 23.4. The Morgan fingerprint density at radius 1 is 1.16 bits per heavy atom. The summed E-state index contributed by atoms with van der Waals surface area (Å²) in [5.74, 6) is -0.0681. The molecular weight excluding hydrogens is 504 g/mol. The van der Waals surface area contributed by atoms with Gasteiger partial charge in [0.1, 0.15) is 11.3 Å². The van der Waals surface area contributed by atoms with Gasteiger partial charge in [-0.15, -0.1) is 0 Å². The number of benzene rings is 1. The molecule has 202 valence electrons. The lowest BCUT2D eigenvalue weighted by Crippen LogP contribution is -2.25. The highest BCUT2D eigenvalue weighted by atomic mass is 32.2. The first-order valence-electron chi connectivity index (χ1n) is 12.2. The molecule has 0 radical (unpaired) electrons. The van der Waals surface area contributed by atoms with Gasteiger partial charge in [0.05, 0.1) is 29.2 Å². The van der Waals surface area contributed by atoms with Crippen LogP contribution >= 0.6 is 12.1 Å². The summed E-state index contributed by atoms with van der Waals surface area (Å²) in [6.07, 6.45) is 5.86. The Balaban J connectivity index is 0.00000247. The molecule has 0 aliphatic heterocycles. The topological polar surface area (TPSA) is 134 Å². The van der Waals surface area contributed by atoms with E-state index in [1.807, 2.05) is 76.6 Å². The van der Waals surface area contributed by atoms with Crippen LogP contribution in [-0.2, 0) is 0 Å². The lowest BCUT2D eigenvalue weighted by atomic mass is 9.98. The molecule has 10 heteroatoms. The van der Waals surface area contributed by atoms with Crippen LogP contribution in [-0.4, -0.2) is 22.1 Å². The smallest absolute Gasteiger partial charge is 0.416 e. The van der Waals surface area contributed by atoms with E-state index in [9.17, 15) is 14.4 Å². The molecule has 0 aliphatic rings. The predicted molar refractivity (Wildman–Crippen MR) is 154 cm³/mol. The van der Waals surface area contributed by atoms with Crippen molar-refractivity contribution >= 4 is 46.4 Å². The van der Waals surface area contributed by atoms with Gasteiger partial charge in [-0.25, -0.2) is 14.5 Å². The normalized spacial score (nSPS) is 12.0. The average Bonchev–Trinajstić information content (AvgIpc) is 2.90. The summed E-state index contributed by atoms with van der Waals surface area (Å²) >= 11 is 0.528. The number of allylic oxidation sites excluding steroid dienone is 4. The molecule has 1 aromatic carbocycles. The lowest BCUT2D eigenvalue weighted by Gasteiger charge is -2.20. The molecule has 0 bridgehead atoms. The summed E-state index contributed by atoms with van der Waals surface area (Å²) < 4.78 is 10.7. The molecule has 0 saturated heterocycles. The van der Waals surface area contributed by atoms with Crippen molar-refractivity contribution in [3.8, 4) is 0 Å². The molecule has 0 fully saturated rings. The molecule has 9 nitrogen and oxygen atoms in total. The first kappa shape index (κ1) is 30.2. The third-order valence-electron chi connectivity index (χ3n) is 5.45. The molecule has 3 rings (SSSR count). The van der Waals surface area contributed by atoms with E-state index < -0.39 is 12.0 Å². The molecule has 1 atom stereocenters. The molecular formula is C28H34N4O5S. The van der Waals surface area contributed by atoms with Gasteiger partial charge in [-0.1, -0.05) is 38.1 Å². The van der Waals surface area contributed by atoms with Crippen molar-refractivity contribution in [2.45, 2.75) is 54.5 Å². The number of nitrogens with one attached hydrogen (secondary N) is 3. The average molecular weight is 539 g/mol. The molecule has 4 N–H and O–H groups in total. The van der Waals surface area contributed by atoms with Gasteiger partial charge >= 0.3 is 6.09 Å². The quantitative estimate of drug-likeness (QED) is 0.188. The third-order valence-corrected chi connectivity index (χ3v) is 6.02. The Morgan fingerprint density at radius 3 is 2.50 bits per heavy atom. The minimum Gasteiger partial charge on any atom is -0.464 e. The van der Waals surface area contributed by atoms with Gasteiger partial charge in [-0.3, -0.25) is 14.3 Å². The largest absolute Gasteiger partial charge is 0.464 e. The van der Waals surface area contributed by atoms with E-state index in [0.29, 0.717) is 40.1 Å². The Hall–Kier alpha value is -4.05. The van der Waals surface area contributed by atoms with Gasteiger partial charge in [0.2, 0.25) is 0 Å². The van der Waals surface area contributed by atoms with Crippen LogP contribution in [0.25, 0.3) is 16.5 Å². The number of carboxylic acid groups (broad SMARTS) is 1. The van der Waals surface area contributed by atoms with Crippen molar-refractivity contribution in [2.24, 2.45) is 0 Å². The molecule has 2 heterocycles. The maximum Gasteiger partial charge on any atom is 0.416 e. The molecule has 0 aliphatic carbocycles. The second kappa shape index (κ2) is 14.0. The van der Waals surface area contributed by atoms with E-state index in [1.54, 1.807) is 19.1 Å². The van der Waals surface area contributed by atoms with Gasteiger partial charge in [-0.05, 0) is 58.4 Å². The first-order chi connectivity index (χ1) is 18.2. The zero-order chi connectivity index (χ0) is 28.4. The van der Waals surface area contributed by atoms with E-state index in [1.165, 1.54) is 6.20 Å². The van der Waals surface area contributed by atoms with Crippen molar-refractivity contribution in [2.75, 3.05) is 5.32 Å². The van der Waals surface area contributed by atoms with Crippen LogP contribution in [0.5, 0.6) is 0 Å². The number of aryl methyl sites for hydroxylation is 1. The second-order valence-electron chi connectivity index (χ2n) is 8.07. The van der Waals surface area contributed by atoms with Crippen LogP contribution in [0.4, 0.5) is 10.5 Å². The molecule has 38 heavy (non-hydrogen) atoms. The highest BCUT2D eigenvalue weighted by molar-refractivity contribution is 7.96. The number of aromatic nitrogens is 1. The molecule has 2 aromatic heterocycles. The Labute approximate surface area is 226 Å². The Kier molecular flexibility index (Phi) is 11.1. The number of carbonyl (C=O) groups is 2. The fourth-order valence-electron chi connectivity index (χ4n) is 3.82. The molecule has 3 aromatic rings. The van der Waals surface area contributed by atoms with Crippen molar-refractivity contribution in [3.05, 3.63) is 87.1 Å². The number of pyridine rings is 1. The minimum absolute atomic E-state index is 0.0864. The van der Waals surface area contributed by atoms with Gasteiger partial charge < -0.3 is 14.8 Å². The second-order valence-corrected chi connectivity index (χ2v) is 8.68. The van der Waals surface area contributed by atoms with Crippen molar-refractivity contribution < 1.29 is 19.1 Å². The fraction of sp³-hybridized carbons (Fsp3) is 0.286. The van der Waals surface area contributed by atoms with Crippen LogP contribution < -0.4 is 20.2 Å². The SMILES string of the molecule is C/C=C\C(=C/C)c1oc2c(C(C)Nc3cccnc3C(=O)NSNC(=O)O)cc(C)cc2c(=O)c1C.CC. The van der Waals surface area contributed by atoms with E-state index in [0.717, 1.165) is 16.7 Å². The number of anilines is 1. The van der Waals surface area contributed by atoms with Crippen LogP contribution in [0.15, 0.2) is 57.9 Å². The maximum atomic E-state index is 13.3. The standard InChI is InChI=1S/C26H28N4O5S.C2H6/c1-6-9-17(7-2)23-15(4)22(31)19-13-14(3)12-18(24(19)35-23)16(5)28-20-10-8-11-27-21(20)25(32)29-36-30-26(33)34;1-2/h6-13,16,28,30H,1-5H3,(H,29,32)(H,33,34);1-2H3/b9-6-,17-7+;. The number of hydrogen-bond donors (Lipinski definition) is 4. The van der Waals surface area contributed by atoms with E-state index in [4.69, 9.17) is 9.52 Å². The van der Waals surface area contributed by atoms with Crippen LogP contribution in [0.1, 0.15) is 73.6 Å². The van der Waals surface area contributed by atoms with Crippen LogP contribution in [0.2, 0.25) is 0 Å². The van der Waals surface area contributed by atoms with Gasteiger partial charge in [-0.2, -0.15) is 0 Å². The Bertz CT molecular complexity index is 1430. The molecule has 0 spiro atoms. The molecule has 0 saturated carbocycles. The third kappa shape index (κ3) is 7.04. The summed E-state index contributed by atoms with van der Waals surface area (Å²) in [5, 5.41) is 12.5. The minimum atomic E-state index is -1.29. The van der Waals surface area contributed by atoms with Gasteiger partial charge in [0.25, 0.3) is 5.91 Å². The summed E-state index contributed by atoms with van der Waals surface area (Å²) in [6, 6.07) is 6.76. The number of hydrogen-bond acceptors (Lipinski definition) is 7. The van der Waals surface area contributed by atoms with Crippen LogP contribution in [0.3, 0.4) is 0 Å². The highest BCUT2D eigenvalue weighted by Crippen LogP contribution is 2.31. The fourth-order valence-corrected chi connectivity index (χ4v) is 4.15. The summed E-state index contributed by atoms with van der Waals surface area (Å²) in [4.78, 5) is 40.7. The Morgan fingerprint density at radius 2 is 1.87 bits per heavy atom. The number of fused-ring (bicyclic) bond motifs is 1. The zero-order valence-electron chi connectivity index (χ0n) is 22.6. The van der Waals surface area contributed by atoms with Gasteiger partial charge in [0, 0.05) is 22.9 Å². The number of amides is 2. The lowest BCUT2D eigenvalue weighted by molar-refractivity contribution is 0.0980. The number of carbonyl (C=O) groups excluding carboxylic acids is 1. The molecule has 2 amide bonds. The number of rotatable bonds is 8. The van der Waals surface area contributed by atoms with E-state index in [2.05, 4.69) is 15.0 Å². The maximum absolute atomic E-state index is 13.3. The predicted octanol–water partition coefficient (Wildman–Crippen LogP) is 6.54. The first-order valence-corrected chi connectivity index (χ1v) is 13.0. The van der Waals surface area contributed by atoms with E-state index in [-0.39, 0.29) is 17.2 Å². The highest BCUT2D eigenvalue weighted by Gasteiger charge is 2.21. The summed E-state index contributed by atoms with van der Waals surface area (Å²) in [5.41, 5.74) is 3.86. The van der Waals surface area contributed by atoms with Crippen LogP contribution in [0, 0.1) is 13.8 Å². The van der Waals surface area contributed by atoms with Crippen molar-refractivity contribution in [1.29, 1.82) is 0 Å². The number of nitrogens with zero attached hydrogens (tertiary/aromatic N) is 1. The van der Waals surface area contributed by atoms with E-state index >= 15 is 0 Å². The van der Waals surface area contributed by atoms with Crippen molar-refractivity contribution in [1.82, 2.24) is 14.4 Å². The monoisotopic (exact) mass is 538 g/mol. The molecule has 1 unspecified atom stereocenters. The summed E-state index contributed by atoms with van der Waals surface area (Å²) in [7, 11) is 0.